The monoisotopic (exact) mass is 398 g/mol. The van der Waals surface area contributed by atoms with E-state index in [-0.39, 0.29) is 29.6 Å². The summed E-state index contributed by atoms with van der Waals surface area (Å²) in [5.74, 6) is -0.363. The summed E-state index contributed by atoms with van der Waals surface area (Å²) in [6.07, 6.45) is 0.995. The maximum absolute atomic E-state index is 12.5. The number of carbonyl (C=O) groups is 2. The number of halogens is 1. The molecular weight excluding hydrogens is 372 g/mol. The second-order valence-corrected chi connectivity index (χ2v) is 8.81. The molecule has 28 heavy (non-hydrogen) atoms. The molecule has 1 heterocycles. The van der Waals surface area contributed by atoms with Gasteiger partial charge in [0.2, 0.25) is 11.8 Å². The van der Waals surface area contributed by atoms with Gasteiger partial charge in [-0.25, -0.2) is 0 Å². The van der Waals surface area contributed by atoms with Gasteiger partial charge in [0.1, 0.15) is 0 Å². The van der Waals surface area contributed by atoms with Crippen molar-refractivity contribution in [1.82, 2.24) is 5.32 Å². The fourth-order valence-corrected chi connectivity index (χ4v) is 3.53. The first-order valence-corrected chi connectivity index (χ1v) is 10.0. The minimum atomic E-state index is -0.306. The molecule has 1 aliphatic rings. The fraction of sp³-hybridized carbons (Fsp3) is 0.391. The highest BCUT2D eigenvalue weighted by atomic mass is 35.5. The van der Waals surface area contributed by atoms with Crippen molar-refractivity contribution in [3.05, 3.63) is 64.7 Å². The van der Waals surface area contributed by atoms with E-state index in [1.807, 2.05) is 36.4 Å². The molecular formula is C23H27ClN2O2. The molecule has 0 aromatic heterocycles. The zero-order chi connectivity index (χ0) is 20.3. The molecule has 1 atom stereocenters. The molecule has 3 rings (SSSR count). The minimum absolute atomic E-state index is 0.00126. The van der Waals surface area contributed by atoms with Gasteiger partial charge in [-0.1, -0.05) is 56.6 Å². The third-order valence-electron chi connectivity index (χ3n) is 5.17. The van der Waals surface area contributed by atoms with E-state index in [2.05, 4.69) is 38.2 Å². The molecule has 5 heteroatoms. The lowest BCUT2D eigenvalue weighted by Crippen LogP contribution is -2.34. The predicted octanol–water partition coefficient (Wildman–Crippen LogP) is 4.35. The van der Waals surface area contributed by atoms with E-state index < -0.39 is 0 Å². The van der Waals surface area contributed by atoms with Crippen LogP contribution in [-0.2, 0) is 21.4 Å². The van der Waals surface area contributed by atoms with Crippen LogP contribution in [0.3, 0.4) is 0 Å². The first-order chi connectivity index (χ1) is 13.2. The first-order valence-electron chi connectivity index (χ1n) is 9.67. The van der Waals surface area contributed by atoms with Gasteiger partial charge in [-0.15, -0.1) is 0 Å². The Labute approximate surface area is 171 Å². The van der Waals surface area contributed by atoms with Crippen LogP contribution in [0.25, 0.3) is 0 Å². The summed E-state index contributed by atoms with van der Waals surface area (Å²) in [7, 11) is 0. The second-order valence-electron chi connectivity index (χ2n) is 8.37. The molecule has 0 spiro atoms. The highest BCUT2D eigenvalue weighted by Crippen LogP contribution is 2.28. The summed E-state index contributed by atoms with van der Waals surface area (Å²) in [5.41, 5.74) is 3.27. The lowest BCUT2D eigenvalue weighted by molar-refractivity contribution is -0.126. The second kappa shape index (κ2) is 8.36. The summed E-state index contributed by atoms with van der Waals surface area (Å²) in [6, 6.07) is 15.7. The van der Waals surface area contributed by atoms with Crippen LogP contribution in [-0.4, -0.2) is 24.9 Å². The lowest BCUT2D eigenvalue weighted by atomic mass is 9.87. The Kier molecular flexibility index (Phi) is 6.09. The van der Waals surface area contributed by atoms with Crippen LogP contribution >= 0.6 is 11.6 Å². The maximum Gasteiger partial charge on any atom is 0.227 e. The average molecular weight is 399 g/mol. The van der Waals surface area contributed by atoms with E-state index in [4.69, 9.17) is 11.6 Å². The molecule has 2 aromatic rings. The summed E-state index contributed by atoms with van der Waals surface area (Å²) in [6.45, 7) is 7.46. The average Bonchev–Trinajstić information content (AvgIpc) is 3.04. The molecule has 0 aliphatic carbocycles. The number of hydrogen-bond acceptors (Lipinski definition) is 2. The Bertz CT molecular complexity index is 838. The maximum atomic E-state index is 12.5. The molecule has 1 saturated heterocycles. The van der Waals surface area contributed by atoms with Crippen molar-refractivity contribution in [1.29, 1.82) is 0 Å². The van der Waals surface area contributed by atoms with Crippen LogP contribution in [0.1, 0.15) is 38.3 Å². The molecule has 1 unspecified atom stereocenters. The number of carbonyl (C=O) groups excluding carboxylic acids is 2. The van der Waals surface area contributed by atoms with Crippen LogP contribution in [0.2, 0.25) is 5.02 Å². The largest absolute Gasteiger partial charge is 0.355 e. The van der Waals surface area contributed by atoms with Crippen molar-refractivity contribution in [3.8, 4) is 0 Å². The van der Waals surface area contributed by atoms with Crippen molar-refractivity contribution in [2.75, 3.05) is 18.0 Å². The summed E-state index contributed by atoms with van der Waals surface area (Å²) in [4.78, 5) is 26.6. The van der Waals surface area contributed by atoms with Crippen LogP contribution in [0.4, 0.5) is 5.69 Å². The van der Waals surface area contributed by atoms with Crippen LogP contribution < -0.4 is 10.2 Å². The van der Waals surface area contributed by atoms with Crippen molar-refractivity contribution in [2.24, 2.45) is 5.92 Å². The molecule has 2 aromatic carbocycles. The number of benzene rings is 2. The number of hydrogen-bond donors (Lipinski definition) is 1. The number of anilines is 1. The van der Waals surface area contributed by atoms with Gasteiger partial charge in [0, 0.05) is 30.2 Å². The number of amides is 2. The third-order valence-corrected chi connectivity index (χ3v) is 5.42. The van der Waals surface area contributed by atoms with Crippen molar-refractivity contribution in [2.45, 2.75) is 39.0 Å². The van der Waals surface area contributed by atoms with E-state index in [1.165, 1.54) is 5.56 Å². The SMILES string of the molecule is CC(C)(C)c1ccc(N2CC(C(=O)NCCc3ccc(Cl)cc3)CC2=O)cc1. The smallest absolute Gasteiger partial charge is 0.227 e. The molecule has 1 fully saturated rings. The van der Waals surface area contributed by atoms with E-state index in [9.17, 15) is 9.59 Å². The van der Waals surface area contributed by atoms with Crippen LogP contribution in [0, 0.1) is 5.92 Å². The van der Waals surface area contributed by atoms with Gasteiger partial charge < -0.3 is 10.2 Å². The van der Waals surface area contributed by atoms with Crippen molar-refractivity contribution in [3.63, 3.8) is 0 Å². The third kappa shape index (κ3) is 4.93. The number of rotatable bonds is 5. The molecule has 2 amide bonds. The number of nitrogens with zero attached hydrogens (tertiary/aromatic N) is 1. The summed E-state index contributed by atoms with van der Waals surface area (Å²) in [5, 5.41) is 3.66. The van der Waals surface area contributed by atoms with Gasteiger partial charge in [0.15, 0.2) is 0 Å². The van der Waals surface area contributed by atoms with E-state index >= 15 is 0 Å². The normalized spacial score (nSPS) is 17.1. The van der Waals surface area contributed by atoms with Crippen LogP contribution in [0.5, 0.6) is 0 Å². The topological polar surface area (TPSA) is 49.4 Å². The highest BCUT2D eigenvalue weighted by Gasteiger charge is 2.35. The molecule has 0 bridgehead atoms. The highest BCUT2D eigenvalue weighted by molar-refractivity contribution is 6.30. The summed E-state index contributed by atoms with van der Waals surface area (Å²) >= 11 is 5.88. The Morgan fingerprint density at radius 2 is 1.75 bits per heavy atom. The van der Waals surface area contributed by atoms with E-state index in [0.29, 0.717) is 18.1 Å². The zero-order valence-electron chi connectivity index (χ0n) is 16.7. The van der Waals surface area contributed by atoms with E-state index in [1.54, 1.807) is 4.90 Å². The zero-order valence-corrected chi connectivity index (χ0v) is 17.4. The van der Waals surface area contributed by atoms with Crippen molar-refractivity contribution < 1.29 is 9.59 Å². The van der Waals surface area contributed by atoms with Crippen molar-refractivity contribution >= 4 is 29.1 Å². The quantitative estimate of drug-likeness (QED) is 0.813. The molecule has 1 aliphatic heterocycles. The first kappa shape index (κ1) is 20.4. The molecule has 0 radical (unpaired) electrons. The van der Waals surface area contributed by atoms with Crippen LogP contribution in [0.15, 0.2) is 48.5 Å². The van der Waals surface area contributed by atoms with Gasteiger partial charge in [-0.05, 0) is 47.2 Å². The minimum Gasteiger partial charge on any atom is -0.355 e. The molecule has 148 valence electrons. The Morgan fingerprint density at radius 1 is 1.11 bits per heavy atom. The Hall–Kier alpha value is -2.33. The summed E-state index contributed by atoms with van der Waals surface area (Å²) < 4.78 is 0. The van der Waals surface area contributed by atoms with Gasteiger partial charge >= 0.3 is 0 Å². The Balaban J connectivity index is 1.54. The number of nitrogens with one attached hydrogen (secondary N) is 1. The van der Waals surface area contributed by atoms with Gasteiger partial charge in [0.05, 0.1) is 5.92 Å². The van der Waals surface area contributed by atoms with E-state index in [0.717, 1.165) is 17.7 Å². The predicted molar refractivity (Wildman–Crippen MR) is 114 cm³/mol. The van der Waals surface area contributed by atoms with Gasteiger partial charge in [0.25, 0.3) is 0 Å². The molecule has 4 nitrogen and oxygen atoms in total. The Morgan fingerprint density at radius 3 is 2.36 bits per heavy atom. The molecule has 0 saturated carbocycles. The standard InChI is InChI=1S/C23H27ClN2O2/c1-23(2,3)18-6-10-20(11-7-18)26-15-17(14-21(26)27)22(28)25-13-12-16-4-8-19(24)9-5-16/h4-11,17H,12-15H2,1-3H3,(H,25,28). The van der Waals surface area contributed by atoms with Gasteiger partial charge in [-0.2, -0.15) is 0 Å². The van der Waals surface area contributed by atoms with Gasteiger partial charge in [-0.3, -0.25) is 9.59 Å². The fourth-order valence-electron chi connectivity index (χ4n) is 3.40. The molecule has 1 N–H and O–H groups in total. The lowest BCUT2D eigenvalue weighted by Gasteiger charge is -2.21.